The second-order valence-corrected chi connectivity index (χ2v) is 10.9. The molecule has 0 aliphatic heterocycles. The fourth-order valence-electron chi connectivity index (χ4n) is 3.39. The highest BCUT2D eigenvalue weighted by molar-refractivity contribution is 7.90. The minimum Gasteiger partial charge on any atom is -0.435 e. The molecule has 3 rings (SSSR count). The van der Waals surface area contributed by atoms with Gasteiger partial charge in [0.2, 0.25) is 10.0 Å². The highest BCUT2D eigenvalue weighted by Gasteiger charge is 2.24. The maximum atomic E-state index is 14.2. The number of sulfonamides is 1. The van der Waals surface area contributed by atoms with Crippen LogP contribution in [0.1, 0.15) is 32.9 Å². The van der Waals surface area contributed by atoms with Crippen LogP contribution < -0.4 is 14.4 Å². The third-order valence-electron chi connectivity index (χ3n) is 5.05. The molecular formula is C24H23F3N4O5S2. The Balaban J connectivity index is 1.96. The second kappa shape index (κ2) is 12.7. The molecule has 202 valence electrons. The lowest BCUT2D eigenvalue weighted by atomic mass is 10.1. The molecule has 0 unspecified atom stereocenters. The molecule has 1 heterocycles. The lowest BCUT2D eigenvalue weighted by molar-refractivity contribution is -0.0500. The van der Waals surface area contributed by atoms with Crippen molar-refractivity contribution in [3.63, 3.8) is 0 Å². The number of aryl methyl sites for hydroxylation is 1. The summed E-state index contributed by atoms with van der Waals surface area (Å²) in [6.45, 7) is -1.43. The Morgan fingerprint density at radius 1 is 1.24 bits per heavy atom. The Kier molecular flexibility index (Phi) is 9.67. The van der Waals surface area contributed by atoms with Gasteiger partial charge in [0.15, 0.2) is 5.13 Å². The number of carbonyl (C=O) groups excluding carboxylic acids is 1. The third-order valence-corrected chi connectivity index (χ3v) is 7.36. The number of hydrogen-bond donors (Lipinski definition) is 1. The fraction of sp³-hybridized carbons (Fsp3) is 0.292. The summed E-state index contributed by atoms with van der Waals surface area (Å²) in [7, 11) is -2.50. The topological polar surface area (TPSA) is 122 Å². The number of anilines is 2. The van der Waals surface area contributed by atoms with E-state index in [1.807, 2.05) is 10.8 Å². The van der Waals surface area contributed by atoms with Gasteiger partial charge in [-0.05, 0) is 55.3 Å². The van der Waals surface area contributed by atoms with E-state index in [2.05, 4.69) is 9.72 Å². The van der Waals surface area contributed by atoms with Crippen LogP contribution in [0.25, 0.3) is 0 Å². The molecule has 0 saturated heterocycles. The van der Waals surface area contributed by atoms with Gasteiger partial charge in [-0.2, -0.15) is 14.0 Å². The normalized spacial score (nSPS) is 11.3. The van der Waals surface area contributed by atoms with Crippen molar-refractivity contribution in [3.05, 3.63) is 70.0 Å². The predicted molar refractivity (Wildman–Crippen MR) is 135 cm³/mol. The van der Waals surface area contributed by atoms with Crippen molar-refractivity contribution in [2.45, 2.75) is 26.5 Å². The van der Waals surface area contributed by atoms with E-state index >= 15 is 0 Å². The molecule has 0 bridgehead atoms. The van der Waals surface area contributed by atoms with E-state index in [0.717, 1.165) is 23.5 Å². The van der Waals surface area contributed by atoms with E-state index in [1.54, 1.807) is 36.1 Å². The Hall–Kier alpha value is -3.67. The number of halogens is 3. The van der Waals surface area contributed by atoms with Crippen molar-refractivity contribution in [1.82, 2.24) is 9.71 Å². The van der Waals surface area contributed by atoms with Gasteiger partial charge in [-0.25, -0.2) is 22.5 Å². The maximum absolute atomic E-state index is 14.2. The number of methoxy groups -OCH3 is 1. The number of carbonyl (C=O) groups is 1. The molecule has 0 saturated carbocycles. The smallest absolute Gasteiger partial charge is 0.387 e. The quantitative estimate of drug-likeness (QED) is 0.317. The van der Waals surface area contributed by atoms with Crippen molar-refractivity contribution >= 4 is 38.1 Å². The molecule has 14 heteroatoms. The van der Waals surface area contributed by atoms with Gasteiger partial charge >= 0.3 is 6.61 Å². The van der Waals surface area contributed by atoms with Gasteiger partial charge in [-0.3, -0.25) is 4.79 Å². The first-order chi connectivity index (χ1) is 18.0. The summed E-state index contributed by atoms with van der Waals surface area (Å²) < 4.78 is 75.2. The largest absolute Gasteiger partial charge is 0.435 e. The highest BCUT2D eigenvalue weighted by atomic mass is 32.2. The minimum atomic E-state index is -3.93. The molecule has 1 N–H and O–H groups in total. The van der Waals surface area contributed by atoms with E-state index in [0.29, 0.717) is 16.1 Å². The van der Waals surface area contributed by atoms with E-state index in [1.165, 1.54) is 13.2 Å². The molecular weight excluding hydrogens is 545 g/mol. The SMILES string of the molecule is COCCCS(=O)(=O)NC(=O)c1nc(N(Cc2cc(F)cc(OC(F)F)c2)c2ccc(C#N)cc2)sc1C. The average Bonchev–Trinajstić information content (AvgIpc) is 3.23. The monoisotopic (exact) mass is 568 g/mol. The number of alkyl halides is 2. The third kappa shape index (κ3) is 7.91. The highest BCUT2D eigenvalue weighted by Crippen LogP contribution is 2.34. The molecule has 38 heavy (non-hydrogen) atoms. The summed E-state index contributed by atoms with van der Waals surface area (Å²) in [6.07, 6.45) is 0.192. The van der Waals surface area contributed by atoms with Crippen molar-refractivity contribution in [2.24, 2.45) is 0 Å². The van der Waals surface area contributed by atoms with Gasteiger partial charge in [-0.15, -0.1) is 11.3 Å². The number of thiazole rings is 1. The number of nitriles is 1. The number of hydrogen-bond acceptors (Lipinski definition) is 9. The molecule has 1 amide bonds. The van der Waals surface area contributed by atoms with E-state index in [9.17, 15) is 26.4 Å². The molecule has 0 radical (unpaired) electrons. The lowest BCUT2D eigenvalue weighted by Crippen LogP contribution is -2.33. The molecule has 1 aromatic heterocycles. The predicted octanol–water partition coefficient (Wildman–Crippen LogP) is 4.50. The van der Waals surface area contributed by atoms with Crippen LogP contribution in [0.3, 0.4) is 0 Å². The molecule has 0 aliphatic carbocycles. The molecule has 3 aromatic rings. The number of aromatic nitrogens is 1. The Morgan fingerprint density at radius 3 is 2.58 bits per heavy atom. The number of rotatable bonds is 12. The zero-order valence-electron chi connectivity index (χ0n) is 20.3. The summed E-state index contributed by atoms with van der Waals surface area (Å²) in [5, 5.41) is 9.37. The number of ether oxygens (including phenoxy) is 2. The number of nitrogens with one attached hydrogen (secondary N) is 1. The van der Waals surface area contributed by atoms with Gasteiger partial charge < -0.3 is 14.4 Å². The number of benzene rings is 2. The van der Waals surface area contributed by atoms with Crippen molar-refractivity contribution in [1.29, 1.82) is 5.26 Å². The van der Waals surface area contributed by atoms with Gasteiger partial charge in [0.1, 0.15) is 17.3 Å². The van der Waals surface area contributed by atoms with Crippen molar-refractivity contribution < 1.29 is 35.9 Å². The van der Waals surface area contributed by atoms with Crippen LogP contribution >= 0.6 is 11.3 Å². The van der Waals surface area contributed by atoms with Gasteiger partial charge in [-0.1, -0.05) is 0 Å². The summed E-state index contributed by atoms with van der Waals surface area (Å²) in [5.41, 5.74) is 1.00. The minimum absolute atomic E-state index is 0.0768. The van der Waals surface area contributed by atoms with Crippen LogP contribution in [-0.2, 0) is 21.3 Å². The Morgan fingerprint density at radius 2 is 1.95 bits per heavy atom. The second-order valence-electron chi connectivity index (χ2n) is 7.92. The van der Waals surface area contributed by atoms with Gasteiger partial charge in [0.25, 0.3) is 5.91 Å². The molecule has 0 fully saturated rings. The van der Waals surface area contributed by atoms with Crippen LogP contribution in [0.15, 0.2) is 42.5 Å². The first kappa shape index (κ1) is 28.9. The molecule has 0 atom stereocenters. The standard InChI is InChI=1S/C24H23F3N4O5S2/c1-15-21(22(32)30-38(33,34)9-3-8-35-2)29-24(37-15)31(19-6-4-16(13-28)5-7-19)14-17-10-18(25)12-20(11-17)36-23(26)27/h4-7,10-12,23H,3,8-9,14H2,1-2H3,(H,30,32). The van der Waals surface area contributed by atoms with Crippen LogP contribution in [0.5, 0.6) is 5.75 Å². The lowest BCUT2D eigenvalue weighted by Gasteiger charge is -2.22. The maximum Gasteiger partial charge on any atom is 0.387 e. The summed E-state index contributed by atoms with van der Waals surface area (Å²) in [6, 6.07) is 11.5. The summed E-state index contributed by atoms with van der Waals surface area (Å²) in [4.78, 5) is 19.1. The number of nitrogens with zero attached hydrogens (tertiary/aromatic N) is 3. The van der Waals surface area contributed by atoms with E-state index < -0.39 is 28.4 Å². The molecule has 0 spiro atoms. The Bertz CT molecular complexity index is 1420. The number of amides is 1. The van der Waals surface area contributed by atoms with Crippen LogP contribution in [-0.4, -0.2) is 45.4 Å². The Labute approximate surface area is 221 Å². The zero-order valence-corrected chi connectivity index (χ0v) is 21.9. The average molecular weight is 569 g/mol. The zero-order chi connectivity index (χ0) is 27.9. The van der Waals surface area contributed by atoms with Crippen molar-refractivity contribution in [2.75, 3.05) is 24.4 Å². The van der Waals surface area contributed by atoms with Gasteiger partial charge in [0.05, 0.1) is 23.9 Å². The van der Waals surface area contributed by atoms with Crippen LogP contribution in [0, 0.1) is 24.1 Å². The first-order valence-electron chi connectivity index (χ1n) is 11.0. The van der Waals surface area contributed by atoms with E-state index in [-0.39, 0.29) is 47.5 Å². The van der Waals surface area contributed by atoms with E-state index in [4.69, 9.17) is 10.00 Å². The summed E-state index contributed by atoms with van der Waals surface area (Å²) in [5.74, 6) is -2.40. The fourth-order valence-corrected chi connectivity index (χ4v) is 5.30. The first-order valence-corrected chi connectivity index (χ1v) is 13.5. The van der Waals surface area contributed by atoms with Crippen LogP contribution in [0.2, 0.25) is 0 Å². The summed E-state index contributed by atoms with van der Waals surface area (Å²) >= 11 is 1.07. The molecule has 0 aliphatic rings. The molecule has 2 aromatic carbocycles. The van der Waals surface area contributed by atoms with Gasteiger partial charge in [0, 0.05) is 30.3 Å². The van der Waals surface area contributed by atoms with Crippen molar-refractivity contribution in [3.8, 4) is 11.8 Å². The molecule has 9 nitrogen and oxygen atoms in total. The van der Waals surface area contributed by atoms with Crippen LogP contribution in [0.4, 0.5) is 24.0 Å².